The van der Waals surface area contributed by atoms with Gasteiger partial charge < -0.3 is 71.7 Å². The van der Waals surface area contributed by atoms with Crippen molar-refractivity contribution in [2.24, 2.45) is 39.5 Å². The average molecular weight is 1370 g/mol. The second-order valence-electron chi connectivity index (χ2n) is 27.4. The highest BCUT2D eigenvalue weighted by Crippen LogP contribution is 2.66. The molecule has 1 aliphatic heterocycles. The van der Waals surface area contributed by atoms with Gasteiger partial charge in [0.15, 0.2) is 11.6 Å². The molecule has 3 aromatic carbocycles. The van der Waals surface area contributed by atoms with Crippen molar-refractivity contribution in [1.29, 1.82) is 0 Å². The minimum absolute atomic E-state index is 0.00809. The van der Waals surface area contributed by atoms with Crippen LogP contribution in [0.5, 0.6) is 0 Å². The number of nitrogens with one attached hydrogen (secondary N) is 4. The number of hydrogen-bond donors (Lipinski definition) is 9. The molecule has 97 heavy (non-hydrogen) atoms. The summed E-state index contributed by atoms with van der Waals surface area (Å²) in [5.74, 6) is -11.4. The SMILES string of the molecule is CC1=C2[C@@H](O)C(=O)[C@@]3(C)[C@H]([C@H](OC(=O)c4ccccc4)[C@](O)(C[C@@H]1OC(=O)[C@H](OC(=O)CCC(=O)NCCCCC(NC(=O)CC[C@H](CC(=O)C(C)NC(=O)/C=C/c1ccc(F)cc1Cl)C(N)=O)C(N)=O)[C@H](NC(=O)OC(C)(C)C)c1ccccc1)C2(C)C)[C@]1(C)CO[C@@H]1C[C@@H]3O. The fraction of sp³-hybridized carbons (Fsp3) is 0.529. The van der Waals surface area contributed by atoms with Crippen molar-refractivity contribution < 1.29 is 96.1 Å². The van der Waals surface area contributed by atoms with Crippen molar-refractivity contribution >= 4 is 82.8 Å². The zero-order chi connectivity index (χ0) is 71.7. The Hall–Kier alpha value is -8.43. The molecule has 14 atom stereocenters. The number of aliphatic hydroxyl groups excluding tert-OH is 2. The first kappa shape index (κ1) is 75.9. The van der Waals surface area contributed by atoms with E-state index in [2.05, 4.69) is 21.3 Å². The van der Waals surface area contributed by atoms with Crippen molar-refractivity contribution in [3.05, 3.63) is 124 Å². The lowest BCUT2D eigenvalue weighted by atomic mass is 9.42. The van der Waals surface area contributed by atoms with Crippen molar-refractivity contribution in [3.8, 4) is 0 Å². The molecule has 3 fully saturated rings. The highest BCUT2D eigenvalue weighted by atomic mass is 35.5. The van der Waals surface area contributed by atoms with E-state index in [0.29, 0.717) is 5.56 Å². The average Bonchev–Trinajstić information content (AvgIpc) is 0.674. The number of nitrogens with two attached hydrogens (primary N) is 2. The van der Waals surface area contributed by atoms with E-state index in [9.17, 15) is 62.9 Å². The van der Waals surface area contributed by atoms with E-state index in [1.165, 1.54) is 57.2 Å². The molecule has 1 saturated heterocycles. The van der Waals surface area contributed by atoms with Gasteiger partial charge in [-0.25, -0.2) is 18.8 Å². The molecule has 6 amide bonds. The highest BCUT2D eigenvalue weighted by molar-refractivity contribution is 6.32. The zero-order valence-corrected chi connectivity index (χ0v) is 56.5. The van der Waals surface area contributed by atoms with E-state index in [0.717, 1.165) is 18.2 Å². The first-order valence-electron chi connectivity index (χ1n) is 32.2. The van der Waals surface area contributed by atoms with E-state index >= 15 is 9.59 Å². The zero-order valence-electron chi connectivity index (χ0n) is 55.8. The number of rotatable bonds is 28. The summed E-state index contributed by atoms with van der Waals surface area (Å²) >= 11 is 6.00. The van der Waals surface area contributed by atoms with Gasteiger partial charge in [-0.05, 0) is 120 Å². The van der Waals surface area contributed by atoms with Crippen molar-refractivity contribution in [1.82, 2.24) is 21.3 Å². The van der Waals surface area contributed by atoms with Gasteiger partial charge >= 0.3 is 24.0 Å². The summed E-state index contributed by atoms with van der Waals surface area (Å²) in [6, 6.07) is 15.6. The number of carbonyl (C=O) groups is 11. The third-order valence-corrected chi connectivity index (χ3v) is 19.5. The van der Waals surface area contributed by atoms with Crippen LogP contribution in [0.1, 0.15) is 154 Å². The minimum Gasteiger partial charge on any atom is -0.455 e. The maximum absolute atomic E-state index is 15.3. The quantitative estimate of drug-likeness (QED) is 0.0144. The molecular formula is C70H88ClFN6O19. The van der Waals surface area contributed by atoms with Gasteiger partial charge in [0.25, 0.3) is 0 Å². The molecule has 2 unspecified atom stereocenters. The number of carbonyl (C=O) groups excluding carboxylic acids is 11. The largest absolute Gasteiger partial charge is 0.455 e. The summed E-state index contributed by atoms with van der Waals surface area (Å²) in [6.45, 7) is 14.1. The van der Waals surface area contributed by atoms with E-state index in [4.69, 9.17) is 46.8 Å². The number of ketones is 2. The number of primary amides is 2. The lowest BCUT2D eigenvalue weighted by molar-refractivity contribution is -0.313. The first-order valence-corrected chi connectivity index (χ1v) is 32.6. The normalized spacial score (nSPS) is 25.6. The fourth-order valence-electron chi connectivity index (χ4n) is 13.6. The third-order valence-electron chi connectivity index (χ3n) is 19.2. The number of aliphatic hydroxyl groups is 3. The Balaban J connectivity index is 1.01. The molecular weight excluding hydrogens is 1280 g/mol. The van der Waals surface area contributed by atoms with Crippen LogP contribution in [0, 0.1) is 33.9 Å². The van der Waals surface area contributed by atoms with Gasteiger partial charge in [0.05, 0.1) is 47.3 Å². The molecule has 0 radical (unpaired) electrons. The Kier molecular flexibility index (Phi) is 24.6. The van der Waals surface area contributed by atoms with Gasteiger partial charge in [-0.3, -0.25) is 38.4 Å². The van der Waals surface area contributed by atoms with Crippen LogP contribution in [-0.4, -0.2) is 153 Å². The molecule has 1 heterocycles. The van der Waals surface area contributed by atoms with E-state index in [-0.39, 0.29) is 79.0 Å². The van der Waals surface area contributed by atoms with Crippen molar-refractivity contribution in [3.63, 3.8) is 0 Å². The molecule has 25 nitrogen and oxygen atoms in total. The number of benzene rings is 3. The molecule has 0 aromatic heterocycles. The maximum atomic E-state index is 15.3. The second kappa shape index (κ2) is 31.4. The van der Waals surface area contributed by atoms with Gasteiger partial charge in [0, 0.05) is 67.4 Å². The van der Waals surface area contributed by atoms with Gasteiger partial charge in [-0.2, -0.15) is 0 Å². The predicted molar refractivity (Wildman–Crippen MR) is 348 cm³/mol. The van der Waals surface area contributed by atoms with Crippen LogP contribution in [-0.2, 0) is 66.8 Å². The van der Waals surface area contributed by atoms with Crippen LogP contribution in [0.2, 0.25) is 5.02 Å². The molecule has 3 aromatic rings. The summed E-state index contributed by atoms with van der Waals surface area (Å²) < 4.78 is 43.7. The molecule has 2 saturated carbocycles. The number of halogens is 2. The summed E-state index contributed by atoms with van der Waals surface area (Å²) in [5, 5.41) is 48.6. The number of Topliss-reactive ketones (excluding diaryl/α,β-unsaturated/α-hetero) is 2. The Bertz CT molecular complexity index is 3550. The Labute approximate surface area is 566 Å². The number of amides is 6. The van der Waals surface area contributed by atoms with Crippen molar-refractivity contribution in [2.45, 2.75) is 192 Å². The Morgan fingerprint density at radius 3 is 2.10 bits per heavy atom. The fourth-order valence-corrected chi connectivity index (χ4v) is 13.9. The number of fused-ring (bicyclic) bond motifs is 5. The lowest BCUT2D eigenvalue weighted by Gasteiger charge is -2.68. The van der Waals surface area contributed by atoms with Gasteiger partial charge in [0.2, 0.25) is 35.6 Å². The monoisotopic (exact) mass is 1370 g/mol. The standard InChI is InChI=1S/C70H88ClFN6O19/c1-37-47(35-70(92)60(96-63(89)41-20-14-11-15-21-41)58-68(8)36-93-49(68)34-48(80)69(58,9)59(86)56(85)54(37)67(70,6)7)94-64(90)57(55(40-18-12-10-13-19-40)78-65(91)97-66(3,4)5)95-53(84)30-29-50(81)75-31-17-16-22-45(62(74)88)77-52(83)28-25-42(61(73)87)32-46(79)38(2)76-51(82)27-24-39-23-26-43(72)33-44(39)71/h10-15,18-21,23-24,26-27,33,38,42,45,47-49,55-58,60,80,85,92H,16-17,22,25,28-32,34-36H2,1-9H3,(H2,73,87)(H2,74,88)(H,75,81)(H,76,82)(H,77,83)(H,78,91)/b27-24+/t38?,42-,45?,47+,48+,49-,55-,56-,57-,58-,60+,68-,69-,70-/m1/s1. The molecule has 4 aliphatic rings. The molecule has 526 valence electrons. The third kappa shape index (κ3) is 17.7. The van der Waals surface area contributed by atoms with E-state index in [1.807, 2.05) is 0 Å². The smallest absolute Gasteiger partial charge is 0.408 e. The molecule has 3 aliphatic carbocycles. The van der Waals surface area contributed by atoms with Crippen LogP contribution in [0.15, 0.2) is 96.1 Å². The summed E-state index contributed by atoms with van der Waals surface area (Å²) in [5.41, 5.74) is 3.90. The van der Waals surface area contributed by atoms with Crippen LogP contribution in [0.3, 0.4) is 0 Å². The van der Waals surface area contributed by atoms with Crippen LogP contribution in [0.25, 0.3) is 6.08 Å². The number of unbranched alkanes of at least 4 members (excludes halogenated alkanes) is 1. The first-order chi connectivity index (χ1) is 45.4. The predicted octanol–water partition coefficient (Wildman–Crippen LogP) is 5.40. The summed E-state index contributed by atoms with van der Waals surface area (Å²) in [6.07, 6.45) is -10.2. The van der Waals surface area contributed by atoms with Crippen molar-refractivity contribution in [2.75, 3.05) is 13.2 Å². The topological polar surface area (TPSA) is 395 Å². The molecule has 11 N–H and O–H groups in total. The van der Waals surface area contributed by atoms with E-state index < -0.39 is 191 Å². The number of hydrogen-bond acceptors (Lipinski definition) is 19. The molecule has 27 heteroatoms. The van der Waals surface area contributed by atoms with E-state index in [1.54, 1.807) is 77.9 Å². The molecule has 7 rings (SSSR count). The highest BCUT2D eigenvalue weighted by Gasteiger charge is 2.75. The molecule has 2 bridgehead atoms. The summed E-state index contributed by atoms with van der Waals surface area (Å²) in [7, 11) is 0. The number of alkyl carbamates (subject to hydrolysis) is 1. The Morgan fingerprint density at radius 1 is 0.835 bits per heavy atom. The van der Waals surface area contributed by atoms with Crippen LogP contribution < -0.4 is 32.7 Å². The maximum Gasteiger partial charge on any atom is 0.408 e. The van der Waals surface area contributed by atoms with Crippen LogP contribution in [0.4, 0.5) is 9.18 Å². The van der Waals surface area contributed by atoms with Gasteiger partial charge in [0.1, 0.15) is 47.4 Å². The summed E-state index contributed by atoms with van der Waals surface area (Å²) in [4.78, 5) is 149. The number of ether oxygens (including phenoxy) is 5. The van der Waals surface area contributed by atoms with Gasteiger partial charge in [-0.1, -0.05) is 87.0 Å². The second-order valence-corrected chi connectivity index (χ2v) is 27.8. The van der Waals surface area contributed by atoms with Crippen LogP contribution >= 0.6 is 11.6 Å². The Morgan fingerprint density at radius 2 is 1.49 bits per heavy atom. The molecule has 0 spiro atoms. The number of esters is 3. The lowest BCUT2D eigenvalue weighted by Crippen LogP contribution is -2.77. The van der Waals surface area contributed by atoms with Gasteiger partial charge in [-0.15, -0.1) is 0 Å². The minimum atomic E-state index is -2.33.